The molecule has 1 N–H and O–H groups in total. The Morgan fingerprint density at radius 3 is 2.23 bits per heavy atom. The molecule has 0 aliphatic heterocycles. The molecule has 0 aliphatic carbocycles. The van der Waals surface area contributed by atoms with Crippen molar-refractivity contribution in [2.24, 2.45) is 0 Å². The van der Waals surface area contributed by atoms with Gasteiger partial charge in [0.2, 0.25) is 0 Å². The molecule has 0 bridgehead atoms. The van der Waals surface area contributed by atoms with Crippen molar-refractivity contribution in [3.63, 3.8) is 0 Å². The van der Waals surface area contributed by atoms with Gasteiger partial charge in [-0.05, 0) is 31.5 Å². The minimum atomic E-state index is -0.897. The van der Waals surface area contributed by atoms with Gasteiger partial charge in [0.1, 0.15) is 6.04 Å². The molecule has 0 unspecified atom stereocenters. The minimum Gasteiger partial charge on any atom is -0.461 e. The highest BCUT2D eigenvalue weighted by atomic mass is 16.6. The Hall–Kier alpha value is -3.22. The lowest BCUT2D eigenvalue weighted by Crippen LogP contribution is -2.44. The lowest BCUT2D eigenvalue weighted by molar-refractivity contribution is -0.384. The van der Waals surface area contributed by atoms with E-state index in [0.717, 1.165) is 0 Å². The number of esters is 1. The van der Waals surface area contributed by atoms with Crippen LogP contribution in [0.1, 0.15) is 29.8 Å². The first-order valence-corrected chi connectivity index (χ1v) is 8.16. The molecule has 1 atom stereocenters. The molecule has 0 aliphatic rings. The van der Waals surface area contributed by atoms with Crippen LogP contribution in [0.5, 0.6) is 0 Å². The summed E-state index contributed by atoms with van der Waals surface area (Å²) in [5.74, 6) is -0.944. The van der Waals surface area contributed by atoms with Gasteiger partial charge in [0.05, 0.1) is 11.0 Å². The molecular weight excluding hydrogens is 336 g/mol. The lowest BCUT2D eigenvalue weighted by Gasteiger charge is -2.19. The number of hydrogen-bond acceptors (Lipinski definition) is 5. The Labute approximate surface area is 151 Å². The SMILES string of the molecule is CC(C)OC(=O)[C@@H](Cc1ccc([N+](=O)[O-])cc1)NC(=O)c1ccccc1. The van der Waals surface area contributed by atoms with Crippen LogP contribution >= 0.6 is 0 Å². The van der Waals surface area contributed by atoms with Gasteiger partial charge in [0.15, 0.2) is 0 Å². The molecule has 7 nitrogen and oxygen atoms in total. The summed E-state index contributed by atoms with van der Waals surface area (Å²) < 4.78 is 5.22. The van der Waals surface area contributed by atoms with E-state index in [9.17, 15) is 19.7 Å². The largest absolute Gasteiger partial charge is 0.461 e. The number of non-ortho nitro benzene ring substituents is 1. The molecule has 2 aromatic rings. The first-order chi connectivity index (χ1) is 12.4. The van der Waals surface area contributed by atoms with Gasteiger partial charge in [0.25, 0.3) is 11.6 Å². The molecule has 0 aromatic heterocycles. The summed E-state index contributed by atoms with van der Waals surface area (Å²) in [6, 6.07) is 13.5. The lowest BCUT2D eigenvalue weighted by atomic mass is 10.0. The number of nitro groups is 1. The van der Waals surface area contributed by atoms with Gasteiger partial charge in [-0.3, -0.25) is 14.9 Å². The predicted molar refractivity (Wildman–Crippen MR) is 95.7 cm³/mol. The second-order valence-electron chi connectivity index (χ2n) is 6.01. The molecule has 0 saturated heterocycles. The monoisotopic (exact) mass is 356 g/mol. The van der Waals surface area contributed by atoms with Crippen molar-refractivity contribution in [2.45, 2.75) is 32.4 Å². The van der Waals surface area contributed by atoms with E-state index in [-0.39, 0.29) is 18.2 Å². The van der Waals surface area contributed by atoms with E-state index in [1.54, 1.807) is 56.3 Å². The maximum atomic E-state index is 12.4. The van der Waals surface area contributed by atoms with Crippen LogP contribution in [0, 0.1) is 10.1 Å². The number of carbonyl (C=O) groups excluding carboxylic acids is 2. The molecule has 0 radical (unpaired) electrons. The summed E-state index contributed by atoms with van der Waals surface area (Å²) in [6.07, 6.45) is -0.155. The molecule has 0 fully saturated rings. The van der Waals surface area contributed by atoms with Gasteiger partial charge >= 0.3 is 5.97 Å². The van der Waals surface area contributed by atoms with Crippen molar-refractivity contribution in [2.75, 3.05) is 0 Å². The number of benzene rings is 2. The van der Waals surface area contributed by atoms with Crippen LogP contribution in [-0.2, 0) is 16.0 Å². The third-order valence-corrected chi connectivity index (χ3v) is 3.56. The summed E-state index contributed by atoms with van der Waals surface area (Å²) in [5.41, 5.74) is 1.07. The fraction of sp³-hybridized carbons (Fsp3) is 0.263. The molecule has 0 heterocycles. The van der Waals surface area contributed by atoms with Crippen molar-refractivity contribution in [1.82, 2.24) is 5.32 Å². The van der Waals surface area contributed by atoms with Crippen molar-refractivity contribution >= 4 is 17.6 Å². The van der Waals surface area contributed by atoms with Crippen LogP contribution in [-0.4, -0.2) is 28.9 Å². The minimum absolute atomic E-state index is 0.0385. The van der Waals surface area contributed by atoms with Crippen LogP contribution in [0.15, 0.2) is 54.6 Å². The smallest absolute Gasteiger partial charge is 0.329 e. The molecule has 26 heavy (non-hydrogen) atoms. The van der Waals surface area contributed by atoms with Gasteiger partial charge < -0.3 is 10.1 Å². The quantitative estimate of drug-likeness (QED) is 0.467. The number of nitro benzene ring substituents is 1. The Kier molecular flexibility index (Phi) is 6.43. The van der Waals surface area contributed by atoms with E-state index in [0.29, 0.717) is 11.1 Å². The Morgan fingerprint density at radius 2 is 1.69 bits per heavy atom. The standard InChI is InChI=1S/C19H20N2O5/c1-13(2)26-19(23)17(20-18(22)15-6-4-3-5-7-15)12-14-8-10-16(11-9-14)21(24)25/h3-11,13,17H,12H2,1-2H3,(H,20,22)/t17-/m1/s1. The highest BCUT2D eigenvalue weighted by Crippen LogP contribution is 2.14. The zero-order chi connectivity index (χ0) is 19.1. The van der Waals surface area contributed by atoms with Crippen molar-refractivity contribution in [3.05, 3.63) is 75.8 Å². The van der Waals surface area contributed by atoms with Crippen molar-refractivity contribution in [3.8, 4) is 0 Å². The zero-order valence-electron chi connectivity index (χ0n) is 14.5. The van der Waals surface area contributed by atoms with E-state index in [4.69, 9.17) is 4.74 Å². The first kappa shape index (κ1) is 19.1. The second kappa shape index (κ2) is 8.75. The van der Waals surface area contributed by atoms with Gasteiger partial charge in [-0.2, -0.15) is 0 Å². The van der Waals surface area contributed by atoms with E-state index in [1.807, 2.05) is 0 Å². The third-order valence-electron chi connectivity index (χ3n) is 3.56. The van der Waals surface area contributed by atoms with Crippen LogP contribution in [0.25, 0.3) is 0 Å². The van der Waals surface area contributed by atoms with Crippen molar-refractivity contribution < 1.29 is 19.2 Å². The topological polar surface area (TPSA) is 98.5 Å². The molecule has 0 spiro atoms. The number of carbonyl (C=O) groups is 2. The summed E-state index contributed by atoms with van der Waals surface area (Å²) in [6.45, 7) is 3.44. The zero-order valence-corrected chi connectivity index (χ0v) is 14.5. The van der Waals surface area contributed by atoms with E-state index >= 15 is 0 Å². The van der Waals surface area contributed by atoms with Crippen LogP contribution in [0.2, 0.25) is 0 Å². The second-order valence-corrected chi connectivity index (χ2v) is 6.01. The van der Waals surface area contributed by atoms with Gasteiger partial charge in [-0.1, -0.05) is 30.3 Å². The number of nitrogens with zero attached hydrogens (tertiary/aromatic N) is 1. The normalized spacial score (nSPS) is 11.7. The van der Waals surface area contributed by atoms with E-state index in [2.05, 4.69) is 5.32 Å². The maximum Gasteiger partial charge on any atom is 0.329 e. The molecule has 2 aromatic carbocycles. The number of amides is 1. The summed E-state index contributed by atoms with van der Waals surface area (Å²) in [7, 11) is 0. The summed E-state index contributed by atoms with van der Waals surface area (Å²) in [4.78, 5) is 35.0. The highest BCUT2D eigenvalue weighted by molar-refractivity contribution is 5.96. The van der Waals surface area contributed by atoms with Crippen molar-refractivity contribution in [1.29, 1.82) is 0 Å². The first-order valence-electron chi connectivity index (χ1n) is 8.16. The van der Waals surface area contributed by atoms with E-state index in [1.165, 1.54) is 12.1 Å². The number of hydrogen-bond donors (Lipinski definition) is 1. The highest BCUT2D eigenvalue weighted by Gasteiger charge is 2.24. The Bertz CT molecular complexity index is 772. The number of ether oxygens (including phenoxy) is 1. The molecule has 7 heteroatoms. The molecule has 136 valence electrons. The number of rotatable bonds is 7. The Morgan fingerprint density at radius 1 is 1.08 bits per heavy atom. The van der Waals surface area contributed by atoms with Gasteiger partial charge in [0, 0.05) is 24.1 Å². The molecule has 0 saturated carbocycles. The summed E-state index contributed by atoms with van der Waals surface area (Å²) >= 11 is 0. The van der Waals surface area contributed by atoms with Gasteiger partial charge in [-0.15, -0.1) is 0 Å². The predicted octanol–water partition coefficient (Wildman–Crippen LogP) is 2.89. The van der Waals surface area contributed by atoms with Crippen LogP contribution in [0.3, 0.4) is 0 Å². The Balaban J connectivity index is 2.16. The van der Waals surface area contributed by atoms with Crippen LogP contribution < -0.4 is 5.32 Å². The fourth-order valence-electron chi connectivity index (χ4n) is 2.33. The maximum absolute atomic E-state index is 12.4. The fourth-order valence-corrected chi connectivity index (χ4v) is 2.33. The number of nitrogens with one attached hydrogen (secondary N) is 1. The molecular formula is C19H20N2O5. The average molecular weight is 356 g/mol. The molecule has 2 rings (SSSR count). The van der Waals surface area contributed by atoms with Crippen LogP contribution in [0.4, 0.5) is 5.69 Å². The third kappa shape index (κ3) is 5.41. The van der Waals surface area contributed by atoms with E-state index < -0.39 is 22.8 Å². The average Bonchev–Trinajstić information content (AvgIpc) is 2.61. The molecule has 1 amide bonds. The summed E-state index contributed by atoms with van der Waals surface area (Å²) in [5, 5.41) is 13.4. The van der Waals surface area contributed by atoms with Gasteiger partial charge in [-0.25, -0.2) is 4.79 Å².